The largest absolute Gasteiger partial charge is 0.351 e. The molecule has 0 radical (unpaired) electrons. The van der Waals surface area contributed by atoms with Crippen molar-refractivity contribution in [1.82, 2.24) is 15.1 Å². The second-order valence-electron chi connectivity index (χ2n) is 4.74. The number of amides is 1. The highest BCUT2D eigenvalue weighted by molar-refractivity contribution is 9.11. The lowest BCUT2D eigenvalue weighted by Crippen LogP contribution is -2.24. The molecule has 0 fully saturated rings. The fourth-order valence-electron chi connectivity index (χ4n) is 2.05. The van der Waals surface area contributed by atoms with Crippen LogP contribution in [0.1, 0.15) is 15.2 Å². The lowest BCUT2D eigenvalue weighted by Gasteiger charge is -2.02. The molecule has 2 aromatic heterocycles. The first-order chi connectivity index (χ1) is 10.7. The average molecular weight is 376 g/mol. The predicted molar refractivity (Wildman–Crippen MR) is 91.6 cm³/mol. The third-order valence-corrected chi connectivity index (χ3v) is 4.78. The van der Waals surface area contributed by atoms with E-state index in [9.17, 15) is 4.79 Å². The highest BCUT2D eigenvalue weighted by atomic mass is 79.9. The molecule has 6 heteroatoms. The Bertz CT molecular complexity index is 767. The average Bonchev–Trinajstić information content (AvgIpc) is 3.17. The Hall–Kier alpha value is -1.92. The van der Waals surface area contributed by atoms with E-state index in [1.807, 2.05) is 59.5 Å². The summed E-state index contributed by atoms with van der Waals surface area (Å²) in [6, 6.07) is 13.7. The van der Waals surface area contributed by atoms with Crippen molar-refractivity contribution < 1.29 is 4.79 Å². The molecule has 0 atom stereocenters. The van der Waals surface area contributed by atoms with E-state index < -0.39 is 0 Å². The van der Waals surface area contributed by atoms with E-state index in [1.165, 1.54) is 11.3 Å². The second-order valence-corrected chi connectivity index (χ2v) is 7.20. The van der Waals surface area contributed by atoms with Crippen LogP contribution < -0.4 is 5.32 Å². The molecule has 1 amide bonds. The van der Waals surface area contributed by atoms with Crippen LogP contribution in [0, 0.1) is 0 Å². The first-order valence-corrected chi connectivity index (χ1v) is 8.46. The van der Waals surface area contributed by atoms with Crippen LogP contribution in [0.15, 0.2) is 58.6 Å². The fraction of sp³-hybridized carbons (Fsp3) is 0.125. The molecular weight excluding hydrogens is 362 g/mol. The SMILES string of the molecule is O=C(NCCc1cnn(-c2ccccc2)c1)c1ccc(Br)s1. The molecule has 4 nitrogen and oxygen atoms in total. The number of rotatable bonds is 5. The van der Waals surface area contributed by atoms with Crippen molar-refractivity contribution in [2.45, 2.75) is 6.42 Å². The third-order valence-electron chi connectivity index (χ3n) is 3.15. The van der Waals surface area contributed by atoms with Gasteiger partial charge in [0.25, 0.3) is 5.91 Å². The lowest BCUT2D eigenvalue weighted by atomic mass is 10.2. The maximum atomic E-state index is 11.9. The Morgan fingerprint density at radius 3 is 2.77 bits per heavy atom. The third kappa shape index (κ3) is 3.64. The molecule has 0 spiro atoms. The summed E-state index contributed by atoms with van der Waals surface area (Å²) in [6.07, 6.45) is 4.58. The summed E-state index contributed by atoms with van der Waals surface area (Å²) in [5, 5.41) is 7.27. The molecule has 0 aliphatic carbocycles. The van der Waals surface area contributed by atoms with E-state index in [0.29, 0.717) is 11.4 Å². The van der Waals surface area contributed by atoms with Gasteiger partial charge in [-0.25, -0.2) is 4.68 Å². The number of nitrogens with one attached hydrogen (secondary N) is 1. The number of carbonyl (C=O) groups is 1. The van der Waals surface area contributed by atoms with Crippen molar-refractivity contribution in [3.63, 3.8) is 0 Å². The van der Waals surface area contributed by atoms with Crippen LogP contribution in [0.2, 0.25) is 0 Å². The van der Waals surface area contributed by atoms with E-state index in [4.69, 9.17) is 0 Å². The monoisotopic (exact) mass is 375 g/mol. The van der Waals surface area contributed by atoms with Crippen LogP contribution in [0.25, 0.3) is 5.69 Å². The zero-order chi connectivity index (χ0) is 15.4. The van der Waals surface area contributed by atoms with Gasteiger partial charge in [0.1, 0.15) is 0 Å². The number of nitrogens with zero attached hydrogens (tertiary/aromatic N) is 2. The number of carbonyl (C=O) groups excluding carboxylic acids is 1. The summed E-state index contributed by atoms with van der Waals surface area (Å²) in [7, 11) is 0. The molecule has 0 unspecified atom stereocenters. The fourth-order valence-corrected chi connectivity index (χ4v) is 3.36. The van der Waals surface area contributed by atoms with Crippen molar-refractivity contribution in [3.05, 3.63) is 69.1 Å². The van der Waals surface area contributed by atoms with Gasteiger partial charge in [-0.3, -0.25) is 4.79 Å². The molecule has 3 rings (SSSR count). The number of thiophene rings is 1. The van der Waals surface area contributed by atoms with Gasteiger partial charge in [-0.05, 0) is 52.2 Å². The molecule has 0 aliphatic heterocycles. The number of aromatic nitrogens is 2. The molecule has 1 aromatic carbocycles. The minimum Gasteiger partial charge on any atom is -0.351 e. The quantitative estimate of drug-likeness (QED) is 0.739. The van der Waals surface area contributed by atoms with E-state index in [1.54, 1.807) is 0 Å². The van der Waals surface area contributed by atoms with Gasteiger partial charge in [-0.1, -0.05) is 18.2 Å². The molecule has 0 saturated heterocycles. The minimum atomic E-state index is -0.0360. The topological polar surface area (TPSA) is 46.9 Å². The smallest absolute Gasteiger partial charge is 0.261 e. The molecule has 3 aromatic rings. The number of hydrogen-bond acceptors (Lipinski definition) is 3. The standard InChI is InChI=1S/C16H14BrN3OS/c17-15-7-6-14(22-15)16(21)18-9-8-12-10-19-20(11-12)13-4-2-1-3-5-13/h1-7,10-11H,8-9H2,(H,18,21). The van der Waals surface area contributed by atoms with Gasteiger partial charge in [0.05, 0.1) is 20.5 Å². The maximum Gasteiger partial charge on any atom is 0.261 e. The molecular formula is C16H14BrN3OS. The Balaban J connectivity index is 1.54. The first kappa shape index (κ1) is 15.0. The van der Waals surface area contributed by atoms with Gasteiger partial charge >= 0.3 is 0 Å². The summed E-state index contributed by atoms with van der Waals surface area (Å²) >= 11 is 4.79. The van der Waals surface area contributed by atoms with Crippen molar-refractivity contribution in [3.8, 4) is 5.69 Å². The van der Waals surface area contributed by atoms with Crippen molar-refractivity contribution in [1.29, 1.82) is 0 Å². The van der Waals surface area contributed by atoms with Gasteiger partial charge in [-0.15, -0.1) is 11.3 Å². The van der Waals surface area contributed by atoms with Crippen molar-refractivity contribution in [2.24, 2.45) is 0 Å². The van der Waals surface area contributed by atoms with Crippen molar-refractivity contribution >= 4 is 33.2 Å². The Morgan fingerprint density at radius 2 is 2.05 bits per heavy atom. The van der Waals surface area contributed by atoms with E-state index in [2.05, 4.69) is 26.3 Å². The number of benzene rings is 1. The van der Waals surface area contributed by atoms with Crippen LogP contribution in [0.5, 0.6) is 0 Å². The normalized spacial score (nSPS) is 10.6. The molecule has 0 aliphatic rings. The van der Waals surface area contributed by atoms with Gasteiger partial charge in [0.2, 0.25) is 0 Å². The van der Waals surface area contributed by atoms with E-state index in [0.717, 1.165) is 21.5 Å². The van der Waals surface area contributed by atoms with Crippen LogP contribution >= 0.6 is 27.3 Å². The van der Waals surface area contributed by atoms with Gasteiger partial charge in [0.15, 0.2) is 0 Å². The Kier molecular flexibility index (Phi) is 4.70. The number of para-hydroxylation sites is 1. The number of halogens is 1. The zero-order valence-electron chi connectivity index (χ0n) is 11.7. The van der Waals surface area contributed by atoms with Gasteiger partial charge < -0.3 is 5.32 Å². The van der Waals surface area contributed by atoms with Crippen molar-refractivity contribution in [2.75, 3.05) is 6.54 Å². The minimum absolute atomic E-state index is 0.0360. The van der Waals surface area contributed by atoms with Crippen LogP contribution in [0.4, 0.5) is 0 Å². The summed E-state index contributed by atoms with van der Waals surface area (Å²) in [6.45, 7) is 0.592. The predicted octanol–water partition coefficient (Wildman–Crippen LogP) is 3.67. The highest BCUT2D eigenvalue weighted by Crippen LogP contribution is 2.21. The maximum absolute atomic E-state index is 11.9. The Labute approximate surface area is 140 Å². The zero-order valence-corrected chi connectivity index (χ0v) is 14.1. The molecule has 0 bridgehead atoms. The molecule has 2 heterocycles. The van der Waals surface area contributed by atoms with E-state index in [-0.39, 0.29) is 5.91 Å². The second kappa shape index (κ2) is 6.89. The van der Waals surface area contributed by atoms with Crippen LogP contribution in [-0.4, -0.2) is 22.2 Å². The lowest BCUT2D eigenvalue weighted by molar-refractivity contribution is 0.0958. The molecule has 22 heavy (non-hydrogen) atoms. The van der Waals surface area contributed by atoms with Crippen LogP contribution in [-0.2, 0) is 6.42 Å². The van der Waals surface area contributed by atoms with Crippen LogP contribution in [0.3, 0.4) is 0 Å². The summed E-state index contributed by atoms with van der Waals surface area (Å²) < 4.78 is 2.80. The highest BCUT2D eigenvalue weighted by Gasteiger charge is 2.08. The Morgan fingerprint density at radius 1 is 1.23 bits per heavy atom. The van der Waals surface area contributed by atoms with Gasteiger partial charge in [0, 0.05) is 12.7 Å². The molecule has 0 saturated carbocycles. The molecule has 112 valence electrons. The summed E-state index contributed by atoms with van der Waals surface area (Å²) in [4.78, 5) is 12.6. The first-order valence-electron chi connectivity index (χ1n) is 6.85. The summed E-state index contributed by atoms with van der Waals surface area (Å²) in [5.74, 6) is -0.0360. The van der Waals surface area contributed by atoms with Gasteiger partial charge in [-0.2, -0.15) is 5.10 Å². The summed E-state index contributed by atoms with van der Waals surface area (Å²) in [5.41, 5.74) is 2.12. The molecule has 1 N–H and O–H groups in total. The van der Waals surface area contributed by atoms with E-state index >= 15 is 0 Å². The number of hydrogen-bond donors (Lipinski definition) is 1.